The highest BCUT2D eigenvalue weighted by Gasteiger charge is 2.31. The first-order valence-electron chi connectivity index (χ1n) is 6.15. The molecule has 2 heterocycles. The molecule has 1 aromatic heterocycles. The summed E-state index contributed by atoms with van der Waals surface area (Å²) in [5.41, 5.74) is 3.25. The third-order valence-electron chi connectivity index (χ3n) is 3.54. The summed E-state index contributed by atoms with van der Waals surface area (Å²) in [6, 6.07) is 8.13. The first kappa shape index (κ1) is 12.4. The van der Waals surface area contributed by atoms with Gasteiger partial charge in [-0.25, -0.2) is 0 Å². The van der Waals surface area contributed by atoms with Crippen LogP contribution in [0.25, 0.3) is 0 Å². The van der Waals surface area contributed by atoms with E-state index in [1.54, 1.807) is 4.68 Å². The molecule has 0 unspecified atom stereocenters. The highest BCUT2D eigenvalue weighted by atomic mass is 79.9. The lowest BCUT2D eigenvalue weighted by atomic mass is 9.86. The van der Waals surface area contributed by atoms with E-state index < -0.39 is 0 Å². The Morgan fingerprint density at radius 2 is 2.05 bits per heavy atom. The van der Waals surface area contributed by atoms with Gasteiger partial charge in [0.1, 0.15) is 5.82 Å². The van der Waals surface area contributed by atoms with Gasteiger partial charge < -0.3 is 5.32 Å². The molecule has 19 heavy (non-hydrogen) atoms. The molecule has 2 aromatic rings. The fraction of sp³-hybridized carbons (Fsp3) is 0.286. The molecule has 1 aromatic carbocycles. The number of aromatic nitrogens is 2. The van der Waals surface area contributed by atoms with Crippen LogP contribution in [0.3, 0.4) is 0 Å². The van der Waals surface area contributed by atoms with Gasteiger partial charge in [-0.05, 0) is 24.6 Å². The maximum atomic E-state index is 11.9. The second-order valence-corrected chi connectivity index (χ2v) is 5.74. The number of anilines is 1. The van der Waals surface area contributed by atoms with Crippen LogP contribution in [0.2, 0.25) is 0 Å². The minimum absolute atomic E-state index is 0.0448. The van der Waals surface area contributed by atoms with Gasteiger partial charge in [-0.3, -0.25) is 9.48 Å². The number of nitrogens with one attached hydrogen (secondary N) is 1. The van der Waals surface area contributed by atoms with Crippen molar-refractivity contribution in [1.29, 1.82) is 0 Å². The number of amides is 1. The van der Waals surface area contributed by atoms with Crippen molar-refractivity contribution in [2.45, 2.75) is 19.3 Å². The number of rotatable bonds is 1. The summed E-state index contributed by atoms with van der Waals surface area (Å²) >= 11 is 3.44. The van der Waals surface area contributed by atoms with Crippen LogP contribution in [0.5, 0.6) is 0 Å². The molecule has 4 nitrogen and oxygen atoms in total. The molecule has 3 rings (SSSR count). The zero-order chi connectivity index (χ0) is 13.6. The summed E-state index contributed by atoms with van der Waals surface area (Å²) in [7, 11) is 1.86. The van der Waals surface area contributed by atoms with E-state index in [-0.39, 0.29) is 11.8 Å². The molecule has 1 amide bonds. The molecule has 0 saturated heterocycles. The Labute approximate surface area is 119 Å². The van der Waals surface area contributed by atoms with E-state index in [2.05, 4.69) is 38.5 Å². The molecule has 1 aliphatic heterocycles. The van der Waals surface area contributed by atoms with Crippen molar-refractivity contribution >= 4 is 27.7 Å². The molecule has 1 aliphatic rings. The minimum Gasteiger partial charge on any atom is -0.311 e. The van der Waals surface area contributed by atoms with Gasteiger partial charge in [0.2, 0.25) is 5.91 Å². The van der Waals surface area contributed by atoms with E-state index in [1.807, 2.05) is 26.1 Å². The van der Waals surface area contributed by atoms with Crippen molar-refractivity contribution in [2.75, 3.05) is 5.32 Å². The molecule has 0 saturated carbocycles. The monoisotopic (exact) mass is 319 g/mol. The highest BCUT2D eigenvalue weighted by molar-refractivity contribution is 9.10. The normalized spacial score (nSPS) is 18.1. The number of hydrogen-bond donors (Lipinski definition) is 1. The molecule has 1 N–H and O–H groups in total. The minimum atomic E-state index is 0.0448. The van der Waals surface area contributed by atoms with Crippen molar-refractivity contribution in [1.82, 2.24) is 9.78 Å². The van der Waals surface area contributed by atoms with E-state index >= 15 is 0 Å². The van der Waals surface area contributed by atoms with Gasteiger partial charge in [0, 0.05) is 29.4 Å². The van der Waals surface area contributed by atoms with Crippen LogP contribution in [0, 0.1) is 6.92 Å². The average Bonchev–Trinajstić information content (AvgIpc) is 2.65. The van der Waals surface area contributed by atoms with Gasteiger partial charge in [-0.1, -0.05) is 28.1 Å². The summed E-state index contributed by atoms with van der Waals surface area (Å²) in [5, 5.41) is 7.33. The van der Waals surface area contributed by atoms with Gasteiger partial charge in [0.25, 0.3) is 0 Å². The van der Waals surface area contributed by atoms with E-state index in [4.69, 9.17) is 0 Å². The molecule has 0 fully saturated rings. The van der Waals surface area contributed by atoms with E-state index in [1.165, 1.54) is 0 Å². The largest absolute Gasteiger partial charge is 0.311 e. The molecule has 98 valence electrons. The number of nitrogens with zero attached hydrogens (tertiary/aromatic N) is 2. The first-order chi connectivity index (χ1) is 9.06. The van der Waals surface area contributed by atoms with Crippen molar-refractivity contribution < 1.29 is 4.79 Å². The average molecular weight is 320 g/mol. The van der Waals surface area contributed by atoms with Gasteiger partial charge in [0.15, 0.2) is 0 Å². The van der Waals surface area contributed by atoms with Crippen LogP contribution in [0.15, 0.2) is 28.7 Å². The molecule has 1 atom stereocenters. The highest BCUT2D eigenvalue weighted by Crippen LogP contribution is 2.38. The topological polar surface area (TPSA) is 46.9 Å². The standard InChI is InChI=1S/C14H14BrN3O/c1-8-13-11(9-3-5-10(15)6-4-9)7-12(19)16-14(13)18(2)17-8/h3-6,11H,7H2,1-2H3,(H,16,19)/t11-/m1/s1. The lowest BCUT2D eigenvalue weighted by Crippen LogP contribution is -2.24. The number of benzene rings is 1. The predicted molar refractivity (Wildman–Crippen MR) is 77.2 cm³/mol. The number of fused-ring (bicyclic) bond motifs is 1. The first-order valence-corrected chi connectivity index (χ1v) is 6.94. The van der Waals surface area contributed by atoms with Gasteiger partial charge in [-0.2, -0.15) is 5.10 Å². The number of carbonyl (C=O) groups excluding carboxylic acids is 1. The molecular formula is C14H14BrN3O. The number of carbonyl (C=O) groups is 1. The molecule has 0 spiro atoms. The van der Waals surface area contributed by atoms with Crippen LogP contribution in [0.1, 0.15) is 29.2 Å². The Bertz CT molecular complexity index is 645. The third kappa shape index (κ3) is 2.08. The summed E-state index contributed by atoms with van der Waals surface area (Å²) < 4.78 is 2.78. The maximum Gasteiger partial charge on any atom is 0.226 e. The Kier molecular flexibility index (Phi) is 2.93. The third-order valence-corrected chi connectivity index (χ3v) is 4.07. The number of halogens is 1. The lowest BCUT2D eigenvalue weighted by Gasteiger charge is -2.24. The Hall–Kier alpha value is -1.62. The summed E-state index contributed by atoms with van der Waals surface area (Å²) in [5.74, 6) is 0.954. The second kappa shape index (κ2) is 4.49. The van der Waals surface area contributed by atoms with Gasteiger partial charge >= 0.3 is 0 Å². The Morgan fingerprint density at radius 1 is 1.37 bits per heavy atom. The van der Waals surface area contributed by atoms with Crippen molar-refractivity contribution in [2.24, 2.45) is 7.05 Å². The van der Waals surface area contributed by atoms with Crippen LogP contribution < -0.4 is 5.32 Å². The quantitative estimate of drug-likeness (QED) is 0.878. The fourth-order valence-electron chi connectivity index (χ4n) is 2.69. The van der Waals surface area contributed by atoms with Crippen molar-refractivity contribution in [3.8, 4) is 0 Å². The Balaban J connectivity index is 2.13. The van der Waals surface area contributed by atoms with Crippen LogP contribution in [-0.4, -0.2) is 15.7 Å². The molecular weight excluding hydrogens is 306 g/mol. The smallest absolute Gasteiger partial charge is 0.226 e. The van der Waals surface area contributed by atoms with Crippen molar-refractivity contribution in [3.63, 3.8) is 0 Å². The molecule has 5 heteroatoms. The summed E-state index contributed by atoms with van der Waals surface area (Å²) in [6.07, 6.45) is 0.473. The zero-order valence-corrected chi connectivity index (χ0v) is 12.4. The van der Waals surface area contributed by atoms with Crippen LogP contribution >= 0.6 is 15.9 Å². The number of aryl methyl sites for hydroxylation is 2. The van der Waals surface area contributed by atoms with E-state index in [0.29, 0.717) is 6.42 Å². The molecule has 0 radical (unpaired) electrons. The second-order valence-electron chi connectivity index (χ2n) is 4.83. The van der Waals surface area contributed by atoms with Gasteiger partial charge in [-0.15, -0.1) is 0 Å². The number of hydrogen-bond acceptors (Lipinski definition) is 2. The summed E-state index contributed by atoms with van der Waals surface area (Å²) in [6.45, 7) is 1.99. The fourth-order valence-corrected chi connectivity index (χ4v) is 2.95. The Morgan fingerprint density at radius 3 is 2.74 bits per heavy atom. The maximum absolute atomic E-state index is 11.9. The SMILES string of the molecule is Cc1nn(C)c2c1[C@@H](c1ccc(Br)cc1)CC(=O)N2. The lowest BCUT2D eigenvalue weighted by molar-refractivity contribution is -0.116. The summed E-state index contributed by atoms with van der Waals surface area (Å²) in [4.78, 5) is 11.9. The predicted octanol–water partition coefficient (Wildman–Crippen LogP) is 2.97. The van der Waals surface area contributed by atoms with Gasteiger partial charge in [0.05, 0.1) is 5.69 Å². The van der Waals surface area contributed by atoms with Crippen molar-refractivity contribution in [3.05, 3.63) is 45.6 Å². The van der Waals surface area contributed by atoms with E-state index in [9.17, 15) is 4.79 Å². The van der Waals surface area contributed by atoms with Crippen LogP contribution in [0.4, 0.5) is 5.82 Å². The van der Waals surface area contributed by atoms with Crippen LogP contribution in [-0.2, 0) is 11.8 Å². The van der Waals surface area contributed by atoms with E-state index in [0.717, 1.165) is 27.1 Å². The molecule has 0 aliphatic carbocycles. The zero-order valence-electron chi connectivity index (χ0n) is 10.8. The molecule has 0 bridgehead atoms.